The monoisotopic (exact) mass is 250 g/mol. The van der Waals surface area contributed by atoms with Crippen molar-refractivity contribution in [1.29, 1.82) is 0 Å². The lowest BCUT2D eigenvalue weighted by Crippen LogP contribution is -2.13. The molecule has 3 nitrogen and oxygen atoms in total. The Labute approximate surface area is 109 Å². The van der Waals surface area contributed by atoms with Crippen LogP contribution in [-0.2, 0) is 0 Å². The van der Waals surface area contributed by atoms with E-state index < -0.39 is 0 Å². The van der Waals surface area contributed by atoms with Crippen molar-refractivity contribution in [3.05, 3.63) is 23.3 Å². The smallest absolute Gasteiger partial charge is 0.166 e. The topological polar surface area (TPSA) is 35.5 Å². The van der Waals surface area contributed by atoms with Crippen molar-refractivity contribution in [2.45, 2.75) is 33.6 Å². The molecule has 1 aromatic rings. The minimum absolute atomic E-state index is 0.0480. The lowest BCUT2D eigenvalue weighted by molar-refractivity contribution is 0.0922. The average Bonchev–Trinajstić information content (AvgIpc) is 2.37. The SMILES string of the molecule is CCCC(C)C(=O)c1cc(OC)c(OC)cc1C. The third kappa shape index (κ3) is 3.03. The molecular weight excluding hydrogens is 228 g/mol. The number of carbonyl (C=O) groups is 1. The van der Waals surface area contributed by atoms with E-state index in [1.807, 2.05) is 19.9 Å². The standard InChI is InChI=1S/C15H22O3/c1-6-7-10(2)15(16)12-9-14(18-5)13(17-4)8-11(12)3/h8-10H,6-7H2,1-5H3. The third-order valence-corrected chi connectivity index (χ3v) is 3.17. The van der Waals surface area contributed by atoms with E-state index in [1.165, 1.54) is 0 Å². The number of aryl methyl sites for hydroxylation is 1. The van der Waals surface area contributed by atoms with Gasteiger partial charge in [-0.1, -0.05) is 20.3 Å². The van der Waals surface area contributed by atoms with E-state index in [9.17, 15) is 4.79 Å². The molecule has 100 valence electrons. The van der Waals surface area contributed by atoms with Gasteiger partial charge in [0.1, 0.15) is 0 Å². The molecule has 0 aromatic heterocycles. The summed E-state index contributed by atoms with van der Waals surface area (Å²) in [7, 11) is 3.18. The van der Waals surface area contributed by atoms with E-state index in [0.717, 1.165) is 24.0 Å². The minimum atomic E-state index is 0.0480. The van der Waals surface area contributed by atoms with Gasteiger partial charge in [-0.2, -0.15) is 0 Å². The highest BCUT2D eigenvalue weighted by atomic mass is 16.5. The largest absolute Gasteiger partial charge is 0.493 e. The predicted molar refractivity (Wildman–Crippen MR) is 72.7 cm³/mol. The second-order valence-corrected chi connectivity index (χ2v) is 4.58. The van der Waals surface area contributed by atoms with E-state index in [0.29, 0.717) is 11.5 Å². The Balaban J connectivity index is 3.13. The van der Waals surface area contributed by atoms with Gasteiger partial charge >= 0.3 is 0 Å². The molecule has 0 saturated carbocycles. The molecule has 0 heterocycles. The van der Waals surface area contributed by atoms with Crippen molar-refractivity contribution in [2.75, 3.05) is 14.2 Å². The van der Waals surface area contributed by atoms with Crippen molar-refractivity contribution in [3.63, 3.8) is 0 Å². The maximum Gasteiger partial charge on any atom is 0.166 e. The van der Waals surface area contributed by atoms with Crippen molar-refractivity contribution in [2.24, 2.45) is 5.92 Å². The molecule has 0 radical (unpaired) electrons. The van der Waals surface area contributed by atoms with E-state index in [1.54, 1.807) is 20.3 Å². The van der Waals surface area contributed by atoms with E-state index in [-0.39, 0.29) is 11.7 Å². The molecular formula is C15H22O3. The van der Waals surface area contributed by atoms with E-state index in [4.69, 9.17) is 9.47 Å². The molecule has 0 amide bonds. The van der Waals surface area contributed by atoms with Crippen LogP contribution in [0.15, 0.2) is 12.1 Å². The van der Waals surface area contributed by atoms with Gasteiger partial charge in [-0.25, -0.2) is 0 Å². The fraction of sp³-hybridized carbons (Fsp3) is 0.533. The van der Waals surface area contributed by atoms with Gasteiger partial charge in [-0.05, 0) is 31.0 Å². The fourth-order valence-corrected chi connectivity index (χ4v) is 2.08. The van der Waals surface area contributed by atoms with Gasteiger partial charge in [-0.3, -0.25) is 4.79 Å². The van der Waals surface area contributed by atoms with Gasteiger partial charge in [-0.15, -0.1) is 0 Å². The molecule has 0 bridgehead atoms. The van der Waals surface area contributed by atoms with Crippen molar-refractivity contribution in [3.8, 4) is 11.5 Å². The van der Waals surface area contributed by atoms with Gasteiger partial charge in [0, 0.05) is 11.5 Å². The van der Waals surface area contributed by atoms with Crippen LogP contribution in [-0.4, -0.2) is 20.0 Å². The maximum atomic E-state index is 12.3. The number of hydrogen-bond donors (Lipinski definition) is 0. The first-order valence-corrected chi connectivity index (χ1v) is 6.31. The number of hydrogen-bond acceptors (Lipinski definition) is 3. The predicted octanol–water partition coefficient (Wildman–Crippen LogP) is 3.63. The Bertz CT molecular complexity index is 424. The van der Waals surface area contributed by atoms with Crippen LogP contribution in [0.2, 0.25) is 0 Å². The van der Waals surface area contributed by atoms with Crippen LogP contribution in [0.1, 0.15) is 42.6 Å². The Hall–Kier alpha value is -1.51. The molecule has 1 aromatic carbocycles. The van der Waals surface area contributed by atoms with Crippen LogP contribution in [0.4, 0.5) is 0 Å². The van der Waals surface area contributed by atoms with Gasteiger partial charge in [0.2, 0.25) is 0 Å². The summed E-state index contributed by atoms with van der Waals surface area (Å²) in [6, 6.07) is 3.63. The lowest BCUT2D eigenvalue weighted by Gasteiger charge is -2.15. The number of ether oxygens (including phenoxy) is 2. The Kier molecular flexibility index (Phi) is 5.20. The highest BCUT2D eigenvalue weighted by molar-refractivity contribution is 5.99. The second kappa shape index (κ2) is 6.43. The fourth-order valence-electron chi connectivity index (χ4n) is 2.08. The van der Waals surface area contributed by atoms with Crippen molar-refractivity contribution in [1.82, 2.24) is 0 Å². The molecule has 0 spiro atoms. The minimum Gasteiger partial charge on any atom is -0.493 e. The quantitative estimate of drug-likeness (QED) is 0.723. The first kappa shape index (κ1) is 14.6. The van der Waals surface area contributed by atoms with Crippen LogP contribution in [0.3, 0.4) is 0 Å². The molecule has 3 heteroatoms. The summed E-state index contributed by atoms with van der Waals surface area (Å²) in [5.74, 6) is 1.49. The zero-order valence-electron chi connectivity index (χ0n) is 11.9. The number of Topliss-reactive ketones (excluding diaryl/α,β-unsaturated/α-hetero) is 1. The summed E-state index contributed by atoms with van der Waals surface area (Å²) in [6.07, 6.45) is 1.92. The summed E-state index contributed by atoms with van der Waals surface area (Å²) in [5.41, 5.74) is 1.66. The van der Waals surface area contributed by atoms with Crippen LogP contribution in [0.5, 0.6) is 11.5 Å². The Morgan fingerprint density at radius 1 is 1.22 bits per heavy atom. The summed E-state index contributed by atoms with van der Waals surface area (Å²) in [4.78, 5) is 12.3. The summed E-state index contributed by atoms with van der Waals surface area (Å²) >= 11 is 0. The molecule has 0 aliphatic carbocycles. The number of ketones is 1. The molecule has 0 aliphatic rings. The van der Waals surface area contributed by atoms with Gasteiger partial charge in [0.25, 0.3) is 0 Å². The zero-order valence-corrected chi connectivity index (χ0v) is 11.9. The molecule has 1 rings (SSSR count). The Morgan fingerprint density at radius 2 is 1.78 bits per heavy atom. The number of carbonyl (C=O) groups excluding carboxylic acids is 1. The molecule has 0 saturated heterocycles. The maximum absolute atomic E-state index is 12.3. The number of rotatable bonds is 6. The highest BCUT2D eigenvalue weighted by Crippen LogP contribution is 2.31. The first-order chi connectivity index (χ1) is 8.54. The number of benzene rings is 1. The normalized spacial score (nSPS) is 12.1. The Morgan fingerprint density at radius 3 is 2.28 bits per heavy atom. The van der Waals surface area contributed by atoms with Gasteiger partial charge in [0.05, 0.1) is 14.2 Å². The van der Waals surface area contributed by atoms with Gasteiger partial charge in [0.15, 0.2) is 17.3 Å². The molecule has 1 atom stereocenters. The molecule has 0 aliphatic heterocycles. The van der Waals surface area contributed by atoms with Crippen molar-refractivity contribution >= 4 is 5.78 Å². The van der Waals surface area contributed by atoms with Crippen LogP contribution >= 0.6 is 0 Å². The first-order valence-electron chi connectivity index (χ1n) is 6.31. The van der Waals surface area contributed by atoms with Gasteiger partial charge < -0.3 is 9.47 Å². The van der Waals surface area contributed by atoms with Crippen LogP contribution in [0, 0.1) is 12.8 Å². The van der Waals surface area contributed by atoms with E-state index in [2.05, 4.69) is 6.92 Å². The molecule has 18 heavy (non-hydrogen) atoms. The molecule has 0 N–H and O–H groups in total. The summed E-state index contributed by atoms with van der Waals surface area (Å²) in [5, 5.41) is 0. The third-order valence-electron chi connectivity index (χ3n) is 3.17. The number of methoxy groups -OCH3 is 2. The zero-order chi connectivity index (χ0) is 13.7. The molecule has 0 fully saturated rings. The average molecular weight is 250 g/mol. The van der Waals surface area contributed by atoms with Crippen LogP contribution in [0.25, 0.3) is 0 Å². The van der Waals surface area contributed by atoms with Crippen molar-refractivity contribution < 1.29 is 14.3 Å². The lowest BCUT2D eigenvalue weighted by atomic mass is 9.92. The molecule has 1 unspecified atom stereocenters. The second-order valence-electron chi connectivity index (χ2n) is 4.58. The highest BCUT2D eigenvalue weighted by Gasteiger charge is 2.19. The van der Waals surface area contributed by atoms with Crippen LogP contribution < -0.4 is 9.47 Å². The van der Waals surface area contributed by atoms with E-state index >= 15 is 0 Å². The summed E-state index contributed by atoms with van der Waals surface area (Å²) in [6.45, 7) is 5.99. The summed E-state index contributed by atoms with van der Waals surface area (Å²) < 4.78 is 10.5.